The third kappa shape index (κ3) is 8.91. The van der Waals surface area contributed by atoms with Gasteiger partial charge in [-0.2, -0.15) is 0 Å². The number of carbonyl (C=O) groups is 1. The fourth-order valence-electron chi connectivity index (χ4n) is 0.879. The standard InChI is InChI=1S/C7H8.C6H11NO/c1-7-5-3-2-4-6-7;1-6(5-8)3-4-7-2/h2-6H,1H3;5,7H,1,3-4H2,2H3. The van der Waals surface area contributed by atoms with Gasteiger partial charge in [0.15, 0.2) is 0 Å². The smallest absolute Gasteiger partial charge is 0.145 e. The molecule has 1 aromatic carbocycles. The maximum absolute atomic E-state index is 9.88. The summed E-state index contributed by atoms with van der Waals surface area (Å²) in [6.07, 6.45) is 1.54. The molecule has 0 aromatic heterocycles. The zero-order valence-corrected chi connectivity index (χ0v) is 9.49. The second-order valence-corrected chi connectivity index (χ2v) is 3.28. The number of hydrogen-bond acceptors (Lipinski definition) is 2. The van der Waals surface area contributed by atoms with E-state index >= 15 is 0 Å². The molecule has 0 amide bonds. The van der Waals surface area contributed by atoms with Crippen LogP contribution in [0.5, 0.6) is 0 Å². The highest BCUT2D eigenvalue weighted by atomic mass is 16.1. The minimum absolute atomic E-state index is 0.652. The van der Waals surface area contributed by atoms with Gasteiger partial charge < -0.3 is 5.32 Å². The lowest BCUT2D eigenvalue weighted by atomic mass is 10.2. The predicted octanol–water partition coefficient (Wildman–Crippen LogP) is 2.35. The van der Waals surface area contributed by atoms with Crippen LogP contribution in [0.1, 0.15) is 12.0 Å². The molecule has 0 aliphatic rings. The van der Waals surface area contributed by atoms with Crippen molar-refractivity contribution < 1.29 is 4.79 Å². The van der Waals surface area contributed by atoms with Gasteiger partial charge >= 0.3 is 0 Å². The molecule has 0 aliphatic carbocycles. The zero-order valence-electron chi connectivity index (χ0n) is 9.49. The SMILES string of the molecule is C=C(C=O)CCNC.Cc1ccccc1. The van der Waals surface area contributed by atoms with Crippen molar-refractivity contribution >= 4 is 6.29 Å². The third-order valence-electron chi connectivity index (χ3n) is 1.80. The summed E-state index contributed by atoms with van der Waals surface area (Å²) >= 11 is 0. The van der Waals surface area contributed by atoms with Crippen molar-refractivity contribution in [2.75, 3.05) is 13.6 Å². The van der Waals surface area contributed by atoms with Crippen LogP contribution < -0.4 is 5.32 Å². The van der Waals surface area contributed by atoms with E-state index < -0.39 is 0 Å². The Morgan fingerprint density at radius 2 is 2.00 bits per heavy atom. The molecule has 1 N–H and O–H groups in total. The van der Waals surface area contributed by atoms with Crippen LogP contribution in [0.4, 0.5) is 0 Å². The van der Waals surface area contributed by atoms with Gasteiger partial charge in [0.1, 0.15) is 6.29 Å². The zero-order chi connectivity index (χ0) is 11.5. The first-order chi connectivity index (χ1) is 7.20. The molecule has 0 fully saturated rings. The molecule has 0 unspecified atom stereocenters. The number of aryl methyl sites for hydroxylation is 1. The lowest BCUT2D eigenvalue weighted by molar-refractivity contribution is -0.105. The van der Waals surface area contributed by atoms with E-state index in [4.69, 9.17) is 0 Å². The van der Waals surface area contributed by atoms with Crippen LogP contribution in [0.15, 0.2) is 42.5 Å². The van der Waals surface area contributed by atoms with Gasteiger partial charge in [0.05, 0.1) is 0 Å². The summed E-state index contributed by atoms with van der Waals surface area (Å²) in [5.74, 6) is 0. The molecule has 0 saturated heterocycles. The molecule has 0 bridgehead atoms. The molecule has 2 nitrogen and oxygen atoms in total. The monoisotopic (exact) mass is 205 g/mol. The summed E-state index contributed by atoms with van der Waals surface area (Å²) in [6.45, 7) is 6.42. The van der Waals surface area contributed by atoms with Crippen LogP contribution >= 0.6 is 0 Å². The molecule has 15 heavy (non-hydrogen) atoms. The Balaban J connectivity index is 0.000000262. The van der Waals surface area contributed by atoms with Crippen molar-refractivity contribution in [3.8, 4) is 0 Å². The molecule has 1 rings (SSSR count). The molecule has 0 aliphatic heterocycles. The van der Waals surface area contributed by atoms with Crippen LogP contribution in [-0.4, -0.2) is 19.9 Å². The second-order valence-electron chi connectivity index (χ2n) is 3.28. The topological polar surface area (TPSA) is 29.1 Å². The number of hydrogen-bond donors (Lipinski definition) is 1. The molecule has 2 heteroatoms. The molecule has 0 spiro atoms. The Bertz CT molecular complexity index is 280. The Labute approximate surface area is 92.0 Å². The van der Waals surface area contributed by atoms with Gasteiger partial charge in [-0.05, 0) is 32.5 Å². The largest absolute Gasteiger partial charge is 0.319 e. The maximum Gasteiger partial charge on any atom is 0.145 e. The van der Waals surface area contributed by atoms with E-state index in [1.165, 1.54) is 5.56 Å². The summed E-state index contributed by atoms with van der Waals surface area (Å²) in [5, 5.41) is 2.91. The van der Waals surface area contributed by atoms with Crippen molar-refractivity contribution in [3.05, 3.63) is 48.0 Å². The van der Waals surface area contributed by atoms with Crippen molar-refractivity contribution in [2.45, 2.75) is 13.3 Å². The van der Waals surface area contributed by atoms with Crippen LogP contribution in [-0.2, 0) is 4.79 Å². The van der Waals surface area contributed by atoms with Gasteiger partial charge in [0.25, 0.3) is 0 Å². The van der Waals surface area contributed by atoms with E-state index in [1.54, 1.807) is 0 Å². The van der Waals surface area contributed by atoms with Gasteiger partial charge in [0, 0.05) is 0 Å². The molecule has 0 heterocycles. The Morgan fingerprint density at radius 3 is 2.33 bits per heavy atom. The number of benzene rings is 1. The summed E-state index contributed by atoms with van der Waals surface area (Å²) in [4.78, 5) is 9.88. The van der Waals surface area contributed by atoms with Crippen LogP contribution in [0.3, 0.4) is 0 Å². The Hall–Kier alpha value is -1.41. The molecule has 0 atom stereocenters. The highest BCUT2D eigenvalue weighted by molar-refractivity contribution is 5.71. The average Bonchev–Trinajstić information content (AvgIpc) is 2.28. The minimum Gasteiger partial charge on any atom is -0.319 e. The van der Waals surface area contributed by atoms with E-state index in [9.17, 15) is 4.79 Å². The number of aldehydes is 1. The fraction of sp³-hybridized carbons (Fsp3) is 0.308. The summed E-state index contributed by atoms with van der Waals surface area (Å²) in [6, 6.07) is 10.3. The first-order valence-corrected chi connectivity index (χ1v) is 5.00. The molecule has 0 radical (unpaired) electrons. The van der Waals surface area contributed by atoms with Crippen molar-refractivity contribution in [3.63, 3.8) is 0 Å². The van der Waals surface area contributed by atoms with Crippen LogP contribution in [0.25, 0.3) is 0 Å². The average molecular weight is 205 g/mol. The van der Waals surface area contributed by atoms with E-state index in [2.05, 4.69) is 31.0 Å². The molecule has 82 valence electrons. The lowest BCUT2D eigenvalue weighted by Gasteiger charge is -1.93. The molecular weight excluding hydrogens is 186 g/mol. The molecule has 0 saturated carbocycles. The van der Waals surface area contributed by atoms with Crippen molar-refractivity contribution in [1.82, 2.24) is 5.32 Å². The molecular formula is C13H19NO. The number of rotatable bonds is 4. The van der Waals surface area contributed by atoms with Crippen LogP contribution in [0, 0.1) is 6.92 Å². The van der Waals surface area contributed by atoms with E-state index in [1.807, 2.05) is 25.2 Å². The highest BCUT2D eigenvalue weighted by Gasteiger charge is 1.86. The second kappa shape index (κ2) is 9.16. The third-order valence-corrected chi connectivity index (χ3v) is 1.80. The first-order valence-electron chi connectivity index (χ1n) is 5.00. The first kappa shape index (κ1) is 13.6. The minimum atomic E-state index is 0.652. The van der Waals surface area contributed by atoms with E-state index in [0.717, 1.165) is 19.3 Å². The summed E-state index contributed by atoms with van der Waals surface area (Å²) in [5.41, 5.74) is 1.97. The number of carbonyl (C=O) groups excluding carboxylic acids is 1. The fourth-order valence-corrected chi connectivity index (χ4v) is 0.879. The Kier molecular flexibility index (Phi) is 8.30. The van der Waals surface area contributed by atoms with Gasteiger partial charge in [-0.25, -0.2) is 0 Å². The summed E-state index contributed by atoms with van der Waals surface area (Å²) in [7, 11) is 1.85. The molecule has 1 aromatic rings. The van der Waals surface area contributed by atoms with Gasteiger partial charge in [-0.15, -0.1) is 0 Å². The quantitative estimate of drug-likeness (QED) is 0.604. The van der Waals surface area contributed by atoms with Crippen LogP contribution in [0.2, 0.25) is 0 Å². The highest BCUT2D eigenvalue weighted by Crippen LogP contribution is 1.92. The van der Waals surface area contributed by atoms with E-state index in [0.29, 0.717) is 5.57 Å². The lowest BCUT2D eigenvalue weighted by Crippen LogP contribution is -2.08. The summed E-state index contributed by atoms with van der Waals surface area (Å²) < 4.78 is 0. The van der Waals surface area contributed by atoms with E-state index in [-0.39, 0.29) is 0 Å². The van der Waals surface area contributed by atoms with Crippen molar-refractivity contribution in [1.29, 1.82) is 0 Å². The van der Waals surface area contributed by atoms with Gasteiger partial charge in [0.2, 0.25) is 0 Å². The maximum atomic E-state index is 9.88. The Morgan fingerprint density at radius 1 is 1.40 bits per heavy atom. The number of nitrogens with one attached hydrogen (secondary N) is 1. The van der Waals surface area contributed by atoms with Crippen molar-refractivity contribution in [2.24, 2.45) is 0 Å². The van der Waals surface area contributed by atoms with Gasteiger partial charge in [-0.3, -0.25) is 4.79 Å². The van der Waals surface area contributed by atoms with Gasteiger partial charge in [-0.1, -0.05) is 42.5 Å². The normalized spacial score (nSPS) is 8.67. The predicted molar refractivity (Wildman–Crippen MR) is 64.9 cm³/mol.